The lowest BCUT2D eigenvalue weighted by atomic mass is 9.91. The van der Waals surface area contributed by atoms with Crippen LogP contribution < -0.4 is 9.47 Å². The zero-order valence-corrected chi connectivity index (χ0v) is 13.4. The van der Waals surface area contributed by atoms with Gasteiger partial charge in [0, 0.05) is 5.56 Å². The van der Waals surface area contributed by atoms with Gasteiger partial charge >= 0.3 is 5.97 Å². The van der Waals surface area contributed by atoms with Crippen molar-refractivity contribution in [2.45, 2.75) is 32.8 Å². The zero-order valence-electron chi connectivity index (χ0n) is 13.4. The second-order valence-electron chi connectivity index (χ2n) is 6.28. The molecule has 118 valence electrons. The van der Waals surface area contributed by atoms with Gasteiger partial charge in [0.25, 0.3) is 0 Å². The Bertz CT molecular complexity index is 775. The minimum atomic E-state index is -0.559. The number of fused-ring (bicyclic) bond motifs is 1. The molecule has 0 N–H and O–H groups in total. The van der Waals surface area contributed by atoms with Gasteiger partial charge in [0.2, 0.25) is 0 Å². The van der Waals surface area contributed by atoms with Crippen LogP contribution >= 0.6 is 0 Å². The van der Waals surface area contributed by atoms with Crippen LogP contribution in [0, 0.1) is 6.92 Å². The minimum absolute atomic E-state index is 0.0419. The lowest BCUT2D eigenvalue weighted by Gasteiger charge is -2.32. The van der Waals surface area contributed by atoms with Crippen LogP contribution in [-0.4, -0.2) is 17.4 Å². The molecule has 2 aromatic carbocycles. The van der Waals surface area contributed by atoms with Gasteiger partial charge in [0.1, 0.15) is 17.1 Å². The Morgan fingerprint density at radius 2 is 1.83 bits per heavy atom. The molecule has 4 nitrogen and oxygen atoms in total. The van der Waals surface area contributed by atoms with Crippen molar-refractivity contribution in [3.05, 3.63) is 59.2 Å². The van der Waals surface area contributed by atoms with E-state index in [1.54, 1.807) is 43.3 Å². The number of rotatable bonds is 2. The number of hydrogen-bond donors (Lipinski definition) is 0. The van der Waals surface area contributed by atoms with E-state index in [0.29, 0.717) is 34.6 Å². The van der Waals surface area contributed by atoms with Gasteiger partial charge in [0.15, 0.2) is 5.78 Å². The number of carbonyl (C=O) groups is 2. The molecule has 0 unspecified atom stereocenters. The molecule has 1 aliphatic rings. The summed E-state index contributed by atoms with van der Waals surface area (Å²) >= 11 is 0. The fraction of sp³-hybridized carbons (Fsp3) is 0.263. The van der Waals surface area contributed by atoms with E-state index in [-0.39, 0.29) is 5.78 Å². The maximum atomic E-state index is 12.2. The van der Waals surface area contributed by atoms with Gasteiger partial charge < -0.3 is 9.47 Å². The third-order valence-corrected chi connectivity index (χ3v) is 3.83. The van der Waals surface area contributed by atoms with Crippen LogP contribution in [0.15, 0.2) is 42.5 Å². The smallest absolute Gasteiger partial charge is 0.343 e. The molecule has 0 saturated carbocycles. The molecule has 0 atom stereocenters. The van der Waals surface area contributed by atoms with Gasteiger partial charge in [0.05, 0.1) is 17.5 Å². The van der Waals surface area contributed by atoms with E-state index in [9.17, 15) is 9.59 Å². The normalized spacial score (nSPS) is 15.5. The van der Waals surface area contributed by atoms with Gasteiger partial charge in [-0.2, -0.15) is 0 Å². The third kappa shape index (κ3) is 2.97. The summed E-state index contributed by atoms with van der Waals surface area (Å²) in [5.41, 5.74) is 1.12. The molecule has 1 heterocycles. The summed E-state index contributed by atoms with van der Waals surface area (Å²) in [4.78, 5) is 24.4. The SMILES string of the molecule is Cc1c(OC(=O)c2ccccc2)ccc2c1OC(C)(C)CC2=O. The first-order valence-corrected chi connectivity index (χ1v) is 7.50. The highest BCUT2D eigenvalue weighted by molar-refractivity contribution is 6.01. The topological polar surface area (TPSA) is 52.6 Å². The Hall–Kier alpha value is -2.62. The second-order valence-corrected chi connectivity index (χ2v) is 6.28. The summed E-state index contributed by atoms with van der Waals surface area (Å²) < 4.78 is 11.4. The molecule has 0 spiro atoms. The van der Waals surface area contributed by atoms with Crippen molar-refractivity contribution >= 4 is 11.8 Å². The average molecular weight is 310 g/mol. The van der Waals surface area contributed by atoms with E-state index in [4.69, 9.17) is 9.47 Å². The Kier molecular flexibility index (Phi) is 3.68. The summed E-state index contributed by atoms with van der Waals surface area (Å²) in [6, 6.07) is 12.1. The summed E-state index contributed by atoms with van der Waals surface area (Å²) in [5, 5.41) is 0. The molecular formula is C19H18O4. The molecule has 3 rings (SSSR count). The maximum Gasteiger partial charge on any atom is 0.343 e. The molecule has 1 aliphatic heterocycles. The Morgan fingerprint density at radius 3 is 2.52 bits per heavy atom. The highest BCUT2D eigenvalue weighted by Crippen LogP contribution is 2.39. The highest BCUT2D eigenvalue weighted by Gasteiger charge is 2.34. The van der Waals surface area contributed by atoms with Crippen LogP contribution in [-0.2, 0) is 0 Å². The Balaban J connectivity index is 1.94. The van der Waals surface area contributed by atoms with Crippen molar-refractivity contribution in [3.63, 3.8) is 0 Å². The van der Waals surface area contributed by atoms with Crippen LogP contribution in [0.25, 0.3) is 0 Å². The number of benzene rings is 2. The third-order valence-electron chi connectivity index (χ3n) is 3.83. The molecular weight excluding hydrogens is 292 g/mol. The van der Waals surface area contributed by atoms with E-state index in [1.165, 1.54) is 0 Å². The predicted molar refractivity (Wildman–Crippen MR) is 86.2 cm³/mol. The molecule has 0 aliphatic carbocycles. The van der Waals surface area contributed by atoms with Crippen molar-refractivity contribution in [2.75, 3.05) is 0 Å². The molecule has 0 fully saturated rings. The van der Waals surface area contributed by atoms with Crippen LogP contribution in [0.4, 0.5) is 0 Å². The van der Waals surface area contributed by atoms with Crippen molar-refractivity contribution in [1.82, 2.24) is 0 Å². The van der Waals surface area contributed by atoms with Crippen LogP contribution in [0.2, 0.25) is 0 Å². The molecule has 0 bridgehead atoms. The predicted octanol–water partition coefficient (Wildman–Crippen LogP) is 3.96. The standard InChI is InChI=1S/C19H18O4/c1-12-16(22-18(21)13-7-5-4-6-8-13)10-9-14-15(20)11-19(2,3)23-17(12)14/h4-10H,11H2,1-3H3. The molecule has 0 radical (unpaired) electrons. The maximum absolute atomic E-state index is 12.2. The first-order chi connectivity index (χ1) is 10.9. The first kappa shape index (κ1) is 15.3. The second kappa shape index (κ2) is 5.54. The van der Waals surface area contributed by atoms with Crippen LogP contribution in [0.3, 0.4) is 0 Å². The fourth-order valence-corrected chi connectivity index (χ4v) is 2.66. The average Bonchev–Trinajstić information content (AvgIpc) is 2.50. The molecule has 0 amide bonds. The largest absolute Gasteiger partial charge is 0.486 e. The number of hydrogen-bond acceptors (Lipinski definition) is 4. The van der Waals surface area contributed by atoms with Crippen molar-refractivity contribution in [1.29, 1.82) is 0 Å². The summed E-state index contributed by atoms with van der Waals surface area (Å²) in [6.07, 6.45) is 0.336. The van der Waals surface area contributed by atoms with Crippen molar-refractivity contribution in [2.24, 2.45) is 0 Å². The lowest BCUT2D eigenvalue weighted by molar-refractivity contribution is 0.0612. The molecule has 2 aromatic rings. The number of esters is 1. The Morgan fingerprint density at radius 1 is 1.13 bits per heavy atom. The van der Waals surface area contributed by atoms with Crippen LogP contribution in [0.1, 0.15) is 46.5 Å². The van der Waals surface area contributed by atoms with E-state index in [2.05, 4.69) is 0 Å². The van der Waals surface area contributed by atoms with Gasteiger partial charge in [-0.15, -0.1) is 0 Å². The molecule has 0 saturated heterocycles. The van der Waals surface area contributed by atoms with E-state index in [1.807, 2.05) is 19.9 Å². The number of Topliss-reactive ketones (excluding diaryl/α,β-unsaturated/α-hetero) is 1. The quantitative estimate of drug-likeness (QED) is 0.622. The first-order valence-electron chi connectivity index (χ1n) is 7.50. The summed E-state index contributed by atoms with van der Waals surface area (Å²) in [6.45, 7) is 5.53. The summed E-state index contributed by atoms with van der Waals surface area (Å²) in [7, 11) is 0. The van der Waals surface area contributed by atoms with E-state index < -0.39 is 11.6 Å². The number of carbonyl (C=O) groups excluding carboxylic acids is 2. The lowest BCUT2D eigenvalue weighted by Crippen LogP contribution is -2.36. The van der Waals surface area contributed by atoms with Crippen molar-refractivity contribution in [3.8, 4) is 11.5 Å². The molecule has 0 aromatic heterocycles. The molecule has 4 heteroatoms. The minimum Gasteiger partial charge on any atom is -0.486 e. The highest BCUT2D eigenvalue weighted by atomic mass is 16.5. The zero-order chi connectivity index (χ0) is 16.6. The monoisotopic (exact) mass is 310 g/mol. The summed E-state index contributed by atoms with van der Waals surface area (Å²) in [5.74, 6) is 0.517. The van der Waals surface area contributed by atoms with E-state index >= 15 is 0 Å². The van der Waals surface area contributed by atoms with Gasteiger partial charge in [-0.1, -0.05) is 18.2 Å². The van der Waals surface area contributed by atoms with Crippen molar-refractivity contribution < 1.29 is 19.1 Å². The van der Waals surface area contributed by atoms with Crippen LogP contribution in [0.5, 0.6) is 11.5 Å². The Labute approximate surface area is 135 Å². The molecule has 23 heavy (non-hydrogen) atoms. The van der Waals surface area contributed by atoms with E-state index in [0.717, 1.165) is 0 Å². The fourth-order valence-electron chi connectivity index (χ4n) is 2.66. The van der Waals surface area contributed by atoms with Gasteiger partial charge in [-0.25, -0.2) is 4.79 Å². The number of ketones is 1. The van der Waals surface area contributed by atoms with Gasteiger partial charge in [-0.3, -0.25) is 4.79 Å². The van der Waals surface area contributed by atoms with Gasteiger partial charge in [-0.05, 0) is 45.0 Å². The number of ether oxygens (including phenoxy) is 2.